The molecule has 0 aromatic heterocycles. The summed E-state index contributed by atoms with van der Waals surface area (Å²) < 4.78 is 5.41. The van der Waals surface area contributed by atoms with E-state index in [9.17, 15) is 4.79 Å². The highest BCUT2D eigenvalue weighted by atomic mass is 16.6. The molecule has 0 unspecified atom stereocenters. The van der Waals surface area contributed by atoms with Crippen molar-refractivity contribution in [3.8, 4) is 0 Å². The monoisotopic (exact) mass is 226 g/mol. The Bertz CT molecular complexity index is 285. The van der Waals surface area contributed by atoms with Crippen LogP contribution in [0.4, 0.5) is 4.79 Å². The summed E-state index contributed by atoms with van der Waals surface area (Å²) in [7, 11) is 0. The van der Waals surface area contributed by atoms with Gasteiger partial charge in [0.15, 0.2) is 0 Å². The second-order valence-electron chi connectivity index (χ2n) is 5.76. The van der Waals surface area contributed by atoms with Crippen LogP contribution in [0.3, 0.4) is 0 Å². The molecule has 2 saturated heterocycles. The van der Waals surface area contributed by atoms with Gasteiger partial charge in [0.2, 0.25) is 0 Å². The summed E-state index contributed by atoms with van der Waals surface area (Å²) in [5.41, 5.74) is -0.386. The highest BCUT2D eigenvalue weighted by molar-refractivity contribution is 5.69. The highest BCUT2D eigenvalue weighted by Gasteiger charge is 2.45. The molecule has 0 N–H and O–H groups in total. The van der Waals surface area contributed by atoms with Crippen LogP contribution in [-0.4, -0.2) is 53.2 Å². The Hall–Kier alpha value is -0.770. The van der Waals surface area contributed by atoms with Crippen molar-refractivity contribution in [2.24, 2.45) is 0 Å². The van der Waals surface area contributed by atoms with Gasteiger partial charge in [0.1, 0.15) is 5.60 Å². The fourth-order valence-electron chi connectivity index (χ4n) is 2.68. The van der Waals surface area contributed by atoms with E-state index < -0.39 is 0 Å². The maximum Gasteiger partial charge on any atom is 0.410 e. The standard InChI is InChI=1S/C12H22N2O2/c1-5-13-7-10-6-9(13)8-14(10)11(15)16-12(2,3)4/h9-10H,5-8H2,1-4H3/t9-,10-/m1/s1. The van der Waals surface area contributed by atoms with E-state index in [2.05, 4.69) is 11.8 Å². The van der Waals surface area contributed by atoms with E-state index in [1.165, 1.54) is 0 Å². The van der Waals surface area contributed by atoms with Gasteiger partial charge in [0, 0.05) is 25.2 Å². The number of fused-ring (bicyclic) bond motifs is 2. The van der Waals surface area contributed by atoms with Crippen LogP contribution in [0, 0.1) is 0 Å². The average Bonchev–Trinajstić information content (AvgIpc) is 2.72. The summed E-state index contributed by atoms with van der Waals surface area (Å²) in [4.78, 5) is 16.3. The second-order valence-corrected chi connectivity index (χ2v) is 5.76. The first-order chi connectivity index (χ1) is 7.40. The lowest BCUT2D eigenvalue weighted by Gasteiger charge is -2.34. The van der Waals surface area contributed by atoms with Crippen molar-refractivity contribution in [2.45, 2.75) is 51.8 Å². The molecular formula is C12H22N2O2. The summed E-state index contributed by atoms with van der Waals surface area (Å²) in [6.45, 7) is 10.9. The molecule has 2 heterocycles. The molecule has 2 aliphatic rings. The van der Waals surface area contributed by atoms with Crippen molar-refractivity contribution in [1.29, 1.82) is 0 Å². The number of hydrogen-bond donors (Lipinski definition) is 0. The van der Waals surface area contributed by atoms with Gasteiger partial charge in [0.25, 0.3) is 0 Å². The van der Waals surface area contributed by atoms with Crippen LogP contribution < -0.4 is 0 Å². The van der Waals surface area contributed by atoms with Gasteiger partial charge in [-0.3, -0.25) is 4.90 Å². The zero-order valence-electron chi connectivity index (χ0n) is 10.7. The van der Waals surface area contributed by atoms with Crippen LogP contribution in [0.2, 0.25) is 0 Å². The Kier molecular flexibility index (Phi) is 2.86. The highest BCUT2D eigenvalue weighted by Crippen LogP contribution is 2.31. The lowest BCUT2D eigenvalue weighted by atomic mass is 10.2. The maximum absolute atomic E-state index is 11.9. The number of nitrogens with zero attached hydrogens (tertiary/aromatic N) is 2. The summed E-state index contributed by atoms with van der Waals surface area (Å²) in [5, 5.41) is 0. The topological polar surface area (TPSA) is 32.8 Å². The van der Waals surface area contributed by atoms with E-state index >= 15 is 0 Å². The third kappa shape index (κ3) is 2.17. The number of piperazine rings is 1. The van der Waals surface area contributed by atoms with Gasteiger partial charge in [-0.25, -0.2) is 4.79 Å². The molecule has 2 bridgehead atoms. The van der Waals surface area contributed by atoms with Gasteiger partial charge in [-0.1, -0.05) is 6.92 Å². The number of likely N-dealkylation sites (N-methyl/N-ethyl adjacent to an activating group) is 1. The average molecular weight is 226 g/mol. The van der Waals surface area contributed by atoms with E-state index in [0.29, 0.717) is 12.1 Å². The van der Waals surface area contributed by atoms with Crippen LogP contribution in [-0.2, 0) is 4.74 Å². The number of ether oxygens (including phenoxy) is 1. The molecule has 4 heteroatoms. The smallest absolute Gasteiger partial charge is 0.410 e. The number of amides is 1. The lowest BCUT2D eigenvalue weighted by molar-refractivity contribution is 0.0133. The molecule has 0 radical (unpaired) electrons. The molecule has 0 saturated carbocycles. The maximum atomic E-state index is 11.9. The largest absolute Gasteiger partial charge is 0.444 e. The van der Waals surface area contributed by atoms with Gasteiger partial charge in [-0.15, -0.1) is 0 Å². The first kappa shape index (κ1) is 11.7. The Morgan fingerprint density at radius 1 is 1.31 bits per heavy atom. The molecule has 2 fully saturated rings. The number of carbonyl (C=O) groups is 1. The first-order valence-corrected chi connectivity index (χ1v) is 6.14. The molecule has 2 aliphatic heterocycles. The molecule has 0 aromatic rings. The molecule has 2 rings (SSSR count). The van der Waals surface area contributed by atoms with E-state index in [1.807, 2.05) is 25.7 Å². The summed E-state index contributed by atoms with van der Waals surface area (Å²) >= 11 is 0. The van der Waals surface area contributed by atoms with E-state index in [-0.39, 0.29) is 11.7 Å². The number of rotatable bonds is 1. The quantitative estimate of drug-likeness (QED) is 0.682. The van der Waals surface area contributed by atoms with Crippen LogP contribution >= 0.6 is 0 Å². The van der Waals surface area contributed by atoms with Crippen LogP contribution in [0.25, 0.3) is 0 Å². The predicted octanol–water partition coefficient (Wildman–Crippen LogP) is 1.70. The van der Waals surface area contributed by atoms with Crippen molar-refractivity contribution in [1.82, 2.24) is 9.80 Å². The molecule has 0 aliphatic carbocycles. The van der Waals surface area contributed by atoms with Gasteiger partial charge < -0.3 is 9.64 Å². The van der Waals surface area contributed by atoms with E-state index in [1.54, 1.807) is 0 Å². The molecule has 1 amide bonds. The number of hydrogen-bond acceptors (Lipinski definition) is 3. The Morgan fingerprint density at radius 2 is 2.00 bits per heavy atom. The Balaban J connectivity index is 1.93. The minimum Gasteiger partial charge on any atom is -0.444 e. The van der Waals surface area contributed by atoms with Gasteiger partial charge in [0.05, 0.1) is 0 Å². The SMILES string of the molecule is CCN1C[C@H]2C[C@@H]1CN2C(=O)OC(C)(C)C. The van der Waals surface area contributed by atoms with Crippen molar-refractivity contribution in [2.75, 3.05) is 19.6 Å². The zero-order chi connectivity index (χ0) is 11.9. The van der Waals surface area contributed by atoms with Gasteiger partial charge in [-0.2, -0.15) is 0 Å². The van der Waals surface area contributed by atoms with Crippen LogP contribution in [0.5, 0.6) is 0 Å². The minimum atomic E-state index is -0.386. The number of carbonyl (C=O) groups excluding carboxylic acids is 1. The van der Waals surface area contributed by atoms with Crippen LogP contribution in [0.1, 0.15) is 34.1 Å². The Labute approximate surface area is 97.5 Å². The third-order valence-electron chi connectivity index (χ3n) is 3.39. The molecule has 4 nitrogen and oxygen atoms in total. The van der Waals surface area contributed by atoms with Crippen molar-refractivity contribution >= 4 is 6.09 Å². The predicted molar refractivity (Wildman–Crippen MR) is 62.4 cm³/mol. The lowest BCUT2D eigenvalue weighted by Crippen LogP contribution is -2.49. The fourth-order valence-corrected chi connectivity index (χ4v) is 2.68. The summed E-state index contributed by atoms with van der Waals surface area (Å²) in [6, 6.07) is 0.933. The molecular weight excluding hydrogens is 204 g/mol. The van der Waals surface area contributed by atoms with Gasteiger partial charge in [-0.05, 0) is 33.7 Å². The Morgan fingerprint density at radius 3 is 2.44 bits per heavy atom. The van der Waals surface area contributed by atoms with E-state index in [4.69, 9.17) is 4.74 Å². The van der Waals surface area contributed by atoms with Gasteiger partial charge >= 0.3 is 6.09 Å². The van der Waals surface area contributed by atoms with E-state index in [0.717, 1.165) is 26.1 Å². The van der Waals surface area contributed by atoms with Crippen molar-refractivity contribution in [3.05, 3.63) is 0 Å². The minimum absolute atomic E-state index is 0.143. The summed E-state index contributed by atoms with van der Waals surface area (Å²) in [5.74, 6) is 0. The molecule has 2 atom stereocenters. The first-order valence-electron chi connectivity index (χ1n) is 6.14. The number of likely N-dealkylation sites (tertiary alicyclic amines) is 2. The molecule has 92 valence electrons. The molecule has 16 heavy (non-hydrogen) atoms. The fraction of sp³-hybridized carbons (Fsp3) is 0.917. The van der Waals surface area contributed by atoms with Crippen LogP contribution in [0.15, 0.2) is 0 Å². The summed E-state index contributed by atoms with van der Waals surface area (Å²) in [6.07, 6.45) is 0.975. The zero-order valence-corrected chi connectivity index (χ0v) is 10.7. The van der Waals surface area contributed by atoms with Crippen molar-refractivity contribution < 1.29 is 9.53 Å². The molecule has 0 aromatic carbocycles. The second kappa shape index (κ2) is 3.91. The third-order valence-corrected chi connectivity index (χ3v) is 3.39. The normalized spacial score (nSPS) is 29.9. The van der Waals surface area contributed by atoms with Crippen molar-refractivity contribution in [3.63, 3.8) is 0 Å². The molecule has 0 spiro atoms.